The van der Waals surface area contributed by atoms with Gasteiger partial charge in [-0.05, 0) is 36.2 Å². The van der Waals surface area contributed by atoms with Crippen molar-refractivity contribution >= 4 is 16.8 Å². The molecule has 0 radical (unpaired) electrons. The van der Waals surface area contributed by atoms with Crippen molar-refractivity contribution in [1.82, 2.24) is 9.88 Å². The number of carbonyl (C=O) groups excluding carboxylic acids is 1. The van der Waals surface area contributed by atoms with Crippen LogP contribution in [0.25, 0.3) is 10.9 Å². The van der Waals surface area contributed by atoms with Gasteiger partial charge in [-0.15, -0.1) is 0 Å². The Bertz CT molecular complexity index is 1300. The van der Waals surface area contributed by atoms with Gasteiger partial charge in [0.1, 0.15) is 11.9 Å². The molecular weight excluding hydrogens is 375 g/mol. The molecule has 0 unspecified atom stereocenters. The van der Waals surface area contributed by atoms with Gasteiger partial charge in [-0.1, -0.05) is 60.5 Å². The van der Waals surface area contributed by atoms with Crippen LogP contribution < -0.4 is 0 Å². The lowest BCUT2D eigenvalue weighted by Gasteiger charge is -2.35. The zero-order valence-corrected chi connectivity index (χ0v) is 16.2. The number of benzene rings is 3. The van der Waals surface area contributed by atoms with Crippen LogP contribution in [-0.2, 0) is 11.2 Å². The van der Waals surface area contributed by atoms with E-state index in [1.165, 1.54) is 6.07 Å². The fourth-order valence-corrected chi connectivity index (χ4v) is 4.20. The molecule has 30 heavy (non-hydrogen) atoms. The maximum Gasteiger partial charge on any atom is 0.299 e. The number of rotatable bonds is 1. The molecule has 5 rings (SSSR count). The molecule has 4 heteroatoms. The Balaban J connectivity index is 1.61. The average molecular weight is 394 g/mol. The monoisotopic (exact) mass is 394 g/mol. The van der Waals surface area contributed by atoms with Gasteiger partial charge in [-0.2, -0.15) is 0 Å². The maximum atomic E-state index is 14.8. The van der Waals surface area contributed by atoms with Crippen molar-refractivity contribution in [3.05, 3.63) is 107 Å². The van der Waals surface area contributed by atoms with E-state index in [9.17, 15) is 9.18 Å². The van der Waals surface area contributed by atoms with Crippen LogP contribution >= 0.6 is 0 Å². The third kappa shape index (κ3) is 3.15. The lowest BCUT2D eigenvalue weighted by Crippen LogP contribution is -2.40. The lowest BCUT2D eigenvalue weighted by molar-refractivity contribution is -0.127. The van der Waals surface area contributed by atoms with Crippen molar-refractivity contribution in [1.29, 1.82) is 0 Å². The minimum atomic E-state index is -0.542. The number of H-pyrrole nitrogens is 1. The first-order valence-electron chi connectivity index (χ1n) is 9.94. The van der Waals surface area contributed by atoms with Gasteiger partial charge < -0.3 is 9.88 Å². The molecule has 3 aromatic carbocycles. The Hall–Kier alpha value is -3.84. The Labute approximate surface area is 174 Å². The fraction of sp³-hybridized carbons (Fsp3) is 0.115. The number of aromatic amines is 1. The summed E-state index contributed by atoms with van der Waals surface area (Å²) in [5.41, 5.74) is 4.24. The maximum absolute atomic E-state index is 14.8. The molecule has 4 aromatic rings. The second-order valence-corrected chi connectivity index (χ2v) is 7.35. The normalized spacial score (nSPS) is 15.4. The summed E-state index contributed by atoms with van der Waals surface area (Å²) in [6, 6.07) is 23.5. The van der Waals surface area contributed by atoms with Crippen molar-refractivity contribution in [2.24, 2.45) is 0 Å². The first-order valence-corrected chi connectivity index (χ1v) is 9.94. The number of halogens is 1. The zero-order chi connectivity index (χ0) is 20.5. The molecule has 0 saturated carbocycles. The molecule has 1 aromatic heterocycles. The quantitative estimate of drug-likeness (QED) is 0.461. The van der Waals surface area contributed by atoms with Crippen molar-refractivity contribution in [2.45, 2.75) is 12.5 Å². The predicted octanol–water partition coefficient (Wildman–Crippen LogP) is 4.83. The van der Waals surface area contributed by atoms with Crippen LogP contribution in [0.5, 0.6) is 0 Å². The van der Waals surface area contributed by atoms with Crippen LogP contribution in [0, 0.1) is 17.7 Å². The summed E-state index contributed by atoms with van der Waals surface area (Å²) in [5.74, 6) is 5.05. The first kappa shape index (κ1) is 18.2. The van der Waals surface area contributed by atoms with E-state index in [1.807, 2.05) is 48.5 Å². The number of hydrogen-bond acceptors (Lipinski definition) is 1. The number of fused-ring (bicyclic) bond motifs is 3. The van der Waals surface area contributed by atoms with Crippen LogP contribution in [0.1, 0.15) is 28.4 Å². The zero-order valence-electron chi connectivity index (χ0n) is 16.2. The smallest absolute Gasteiger partial charge is 0.299 e. The molecule has 0 fully saturated rings. The standard InChI is InChI=1S/C26H19FN2O/c27-22-12-6-4-11-21(22)26-25-20(19-10-5-7-13-23(19)28-25)16-17-29(26)24(30)15-14-18-8-2-1-3-9-18/h1-13,26,28H,16-17H2/t26-/m0/s1. The van der Waals surface area contributed by atoms with Crippen molar-refractivity contribution in [3.63, 3.8) is 0 Å². The van der Waals surface area contributed by atoms with Crippen LogP contribution in [0.3, 0.4) is 0 Å². The van der Waals surface area contributed by atoms with Crippen molar-refractivity contribution in [2.75, 3.05) is 6.54 Å². The molecule has 2 heterocycles. The van der Waals surface area contributed by atoms with E-state index in [-0.39, 0.29) is 11.7 Å². The third-order valence-corrected chi connectivity index (χ3v) is 5.58. The SMILES string of the molecule is O=C(C#Cc1ccccc1)N1CCc2c([nH]c3ccccc23)[C@@H]1c1ccccc1F. The number of nitrogens with one attached hydrogen (secondary N) is 1. The van der Waals surface area contributed by atoms with Crippen LogP contribution in [0.4, 0.5) is 4.39 Å². The Morgan fingerprint density at radius 3 is 2.53 bits per heavy atom. The number of nitrogens with zero attached hydrogens (tertiary/aromatic N) is 1. The van der Waals surface area contributed by atoms with Gasteiger partial charge in [-0.25, -0.2) is 4.39 Å². The number of hydrogen-bond donors (Lipinski definition) is 1. The highest BCUT2D eigenvalue weighted by atomic mass is 19.1. The van der Waals surface area contributed by atoms with E-state index in [0.29, 0.717) is 18.5 Å². The van der Waals surface area contributed by atoms with Crippen LogP contribution in [0.2, 0.25) is 0 Å². The van der Waals surface area contributed by atoms with Crippen molar-refractivity contribution < 1.29 is 9.18 Å². The number of para-hydroxylation sites is 1. The molecule has 0 saturated heterocycles. The summed E-state index contributed by atoms with van der Waals surface area (Å²) in [4.78, 5) is 18.2. The Kier molecular flexibility index (Phi) is 4.57. The number of amides is 1. The molecule has 146 valence electrons. The highest BCUT2D eigenvalue weighted by Crippen LogP contribution is 2.39. The van der Waals surface area contributed by atoms with Gasteiger partial charge in [0, 0.05) is 40.2 Å². The topological polar surface area (TPSA) is 36.1 Å². The molecule has 1 aliphatic rings. The van der Waals surface area contributed by atoms with Gasteiger partial charge >= 0.3 is 0 Å². The molecule has 0 spiro atoms. The van der Waals surface area contributed by atoms with Gasteiger partial charge in [-0.3, -0.25) is 4.79 Å². The van der Waals surface area contributed by atoms with E-state index in [0.717, 1.165) is 27.7 Å². The number of carbonyl (C=O) groups is 1. The van der Waals surface area contributed by atoms with E-state index >= 15 is 0 Å². The second-order valence-electron chi connectivity index (χ2n) is 7.35. The summed E-state index contributed by atoms with van der Waals surface area (Å²) >= 11 is 0. The highest BCUT2D eigenvalue weighted by Gasteiger charge is 2.35. The predicted molar refractivity (Wildman–Crippen MR) is 115 cm³/mol. The molecule has 1 atom stereocenters. The summed E-state index contributed by atoms with van der Waals surface area (Å²) in [6.07, 6.45) is 0.697. The summed E-state index contributed by atoms with van der Waals surface area (Å²) in [7, 11) is 0. The molecule has 1 aliphatic heterocycles. The molecule has 3 nitrogen and oxygen atoms in total. The van der Waals surface area contributed by atoms with E-state index in [2.05, 4.69) is 22.9 Å². The second kappa shape index (κ2) is 7.53. The van der Waals surface area contributed by atoms with E-state index in [1.54, 1.807) is 23.1 Å². The van der Waals surface area contributed by atoms with Crippen LogP contribution in [-0.4, -0.2) is 22.3 Å². The van der Waals surface area contributed by atoms with Gasteiger partial charge in [0.15, 0.2) is 0 Å². The average Bonchev–Trinajstić information content (AvgIpc) is 3.17. The molecule has 1 amide bonds. The largest absolute Gasteiger partial charge is 0.356 e. The van der Waals surface area contributed by atoms with Gasteiger partial charge in [0.2, 0.25) is 0 Å². The van der Waals surface area contributed by atoms with Gasteiger partial charge in [0.05, 0.1) is 0 Å². The third-order valence-electron chi connectivity index (χ3n) is 5.58. The Morgan fingerprint density at radius 2 is 1.70 bits per heavy atom. The molecular formula is C26H19FN2O. The molecule has 0 aliphatic carbocycles. The minimum absolute atomic E-state index is 0.309. The van der Waals surface area contributed by atoms with Gasteiger partial charge in [0.25, 0.3) is 5.91 Å². The first-order chi connectivity index (χ1) is 14.7. The summed E-state index contributed by atoms with van der Waals surface area (Å²) < 4.78 is 14.8. The van der Waals surface area contributed by atoms with Crippen molar-refractivity contribution in [3.8, 4) is 11.8 Å². The summed E-state index contributed by atoms with van der Waals surface area (Å²) in [6.45, 7) is 0.482. The molecule has 0 bridgehead atoms. The van der Waals surface area contributed by atoms with Crippen LogP contribution in [0.15, 0.2) is 78.9 Å². The minimum Gasteiger partial charge on any atom is -0.356 e. The summed E-state index contributed by atoms with van der Waals surface area (Å²) in [5, 5.41) is 1.12. The van der Waals surface area contributed by atoms with E-state index < -0.39 is 6.04 Å². The van der Waals surface area contributed by atoms with E-state index in [4.69, 9.17) is 0 Å². The number of aromatic nitrogens is 1. The Morgan fingerprint density at radius 1 is 0.967 bits per heavy atom. The highest BCUT2D eigenvalue weighted by molar-refractivity contribution is 5.95. The fourth-order valence-electron chi connectivity index (χ4n) is 4.20. The lowest BCUT2D eigenvalue weighted by atomic mass is 9.92. The molecule has 1 N–H and O–H groups in total.